The van der Waals surface area contributed by atoms with Gasteiger partial charge in [0.25, 0.3) is 5.91 Å². The average molecular weight is 450 g/mol. The Balaban J connectivity index is 1.11. The molecule has 3 aromatic rings. The van der Waals surface area contributed by atoms with Crippen molar-refractivity contribution < 1.29 is 4.79 Å². The number of para-hydroxylation sites is 1. The van der Waals surface area contributed by atoms with Crippen LogP contribution >= 0.6 is 11.5 Å². The minimum atomic E-state index is -0.320. The van der Waals surface area contributed by atoms with Gasteiger partial charge in [0.1, 0.15) is 5.82 Å². The fourth-order valence-corrected chi connectivity index (χ4v) is 5.88. The van der Waals surface area contributed by atoms with Crippen molar-refractivity contribution in [3.05, 3.63) is 53.6 Å². The van der Waals surface area contributed by atoms with Crippen molar-refractivity contribution in [2.45, 2.75) is 25.7 Å². The zero-order valence-corrected chi connectivity index (χ0v) is 19.3. The molecule has 0 aliphatic carbocycles. The van der Waals surface area contributed by atoms with Gasteiger partial charge >= 0.3 is 0 Å². The first-order valence-electron chi connectivity index (χ1n) is 11.7. The first-order valence-corrected chi connectivity index (χ1v) is 12.5. The molecule has 0 spiro atoms. The molecule has 1 saturated heterocycles. The van der Waals surface area contributed by atoms with E-state index in [1.165, 1.54) is 22.1 Å². The molecule has 7 heteroatoms. The van der Waals surface area contributed by atoms with Crippen LogP contribution in [0.25, 0.3) is 10.1 Å². The molecule has 2 N–H and O–H groups in total. The number of aromatic nitrogens is 1. The van der Waals surface area contributed by atoms with E-state index in [9.17, 15) is 4.79 Å². The number of anilines is 2. The third kappa shape index (κ3) is 4.32. The van der Waals surface area contributed by atoms with Crippen molar-refractivity contribution in [2.75, 3.05) is 55.6 Å². The minimum Gasteiger partial charge on any atom is -0.371 e. The number of nitrogens with two attached hydrogens (primary N) is 1. The van der Waals surface area contributed by atoms with E-state index in [-0.39, 0.29) is 5.91 Å². The molecule has 1 fully saturated rings. The third-order valence-electron chi connectivity index (χ3n) is 6.76. The molecule has 0 atom stereocenters. The lowest BCUT2D eigenvalue weighted by Crippen LogP contribution is -2.46. The minimum absolute atomic E-state index is 0.320. The van der Waals surface area contributed by atoms with Gasteiger partial charge in [-0.2, -0.15) is 4.37 Å². The lowest BCUT2D eigenvalue weighted by atomic mass is 9.97. The highest BCUT2D eigenvalue weighted by Crippen LogP contribution is 2.31. The van der Waals surface area contributed by atoms with E-state index in [2.05, 4.69) is 45.0 Å². The van der Waals surface area contributed by atoms with Crippen molar-refractivity contribution in [3.8, 4) is 0 Å². The fourth-order valence-electron chi connectivity index (χ4n) is 5.08. The van der Waals surface area contributed by atoms with Crippen molar-refractivity contribution >= 4 is 39.0 Å². The average Bonchev–Trinajstić information content (AvgIpc) is 3.26. The van der Waals surface area contributed by atoms with Gasteiger partial charge in [0.2, 0.25) is 0 Å². The van der Waals surface area contributed by atoms with Crippen molar-refractivity contribution in [1.82, 2.24) is 9.27 Å². The maximum Gasteiger partial charge on any atom is 0.250 e. The largest absolute Gasteiger partial charge is 0.371 e. The van der Waals surface area contributed by atoms with Crippen LogP contribution in [0.4, 0.5) is 11.5 Å². The van der Waals surface area contributed by atoms with Crippen LogP contribution in [-0.4, -0.2) is 61.0 Å². The molecule has 6 nitrogen and oxygen atoms in total. The molecule has 168 valence electrons. The standard InChI is InChI=1S/C25H31N5OS/c26-24(31)21-10-5-7-19-8-6-14-29(23(19)21)13-4-3-12-28-15-17-30(18-16-28)25-20-9-1-2-11-22(20)32-27-25/h1-2,5,7,9-11H,3-4,6,8,12-18H2,(H2,26,31). The van der Waals surface area contributed by atoms with Crippen LogP contribution in [0.2, 0.25) is 0 Å². The molecule has 0 unspecified atom stereocenters. The Hall–Kier alpha value is -2.64. The number of hydrogen-bond acceptors (Lipinski definition) is 6. The number of primary amides is 1. The fraction of sp³-hybridized carbons (Fsp3) is 0.440. The summed E-state index contributed by atoms with van der Waals surface area (Å²) in [6.07, 6.45) is 4.47. The van der Waals surface area contributed by atoms with E-state index >= 15 is 0 Å². The summed E-state index contributed by atoms with van der Waals surface area (Å²) in [6, 6.07) is 14.5. The molecule has 1 amide bonds. The molecule has 2 aromatic carbocycles. The Kier molecular flexibility index (Phi) is 6.28. The maximum atomic E-state index is 11.9. The normalized spacial score (nSPS) is 17.0. The monoisotopic (exact) mass is 449 g/mol. The van der Waals surface area contributed by atoms with Crippen LogP contribution in [-0.2, 0) is 6.42 Å². The highest BCUT2D eigenvalue weighted by molar-refractivity contribution is 7.13. The molecule has 0 radical (unpaired) electrons. The molecular weight excluding hydrogens is 418 g/mol. The summed E-state index contributed by atoms with van der Waals surface area (Å²) in [5.41, 5.74) is 8.66. The summed E-state index contributed by atoms with van der Waals surface area (Å²) in [5, 5.41) is 1.28. The summed E-state index contributed by atoms with van der Waals surface area (Å²) in [7, 11) is 0. The van der Waals surface area contributed by atoms with Crippen LogP contribution in [0.3, 0.4) is 0 Å². The van der Waals surface area contributed by atoms with E-state index < -0.39 is 0 Å². The van der Waals surface area contributed by atoms with E-state index in [1.807, 2.05) is 12.1 Å². The van der Waals surface area contributed by atoms with Crippen LogP contribution in [0.15, 0.2) is 42.5 Å². The maximum absolute atomic E-state index is 11.9. The predicted octanol–water partition coefficient (Wildman–Crippen LogP) is 3.75. The summed E-state index contributed by atoms with van der Waals surface area (Å²) < 4.78 is 5.99. The number of piperazine rings is 1. The van der Waals surface area contributed by atoms with Gasteiger partial charge < -0.3 is 15.5 Å². The van der Waals surface area contributed by atoms with Gasteiger partial charge in [-0.15, -0.1) is 0 Å². The smallest absolute Gasteiger partial charge is 0.250 e. The summed E-state index contributed by atoms with van der Waals surface area (Å²) in [6.45, 7) is 7.38. The van der Waals surface area contributed by atoms with Gasteiger partial charge in [-0.1, -0.05) is 24.3 Å². The zero-order valence-electron chi connectivity index (χ0n) is 18.5. The number of benzene rings is 2. The van der Waals surface area contributed by atoms with Crippen LogP contribution in [0, 0.1) is 0 Å². The zero-order chi connectivity index (χ0) is 21.9. The van der Waals surface area contributed by atoms with Crippen molar-refractivity contribution in [2.24, 2.45) is 5.73 Å². The Morgan fingerprint density at radius 3 is 2.62 bits per heavy atom. The van der Waals surface area contributed by atoms with Crippen molar-refractivity contribution in [3.63, 3.8) is 0 Å². The second-order valence-corrected chi connectivity index (χ2v) is 9.61. The lowest BCUT2D eigenvalue weighted by Gasteiger charge is -2.35. The molecule has 1 aromatic heterocycles. The number of aryl methyl sites for hydroxylation is 1. The molecule has 32 heavy (non-hydrogen) atoms. The number of nitrogens with zero attached hydrogens (tertiary/aromatic N) is 4. The predicted molar refractivity (Wildman–Crippen MR) is 133 cm³/mol. The number of unbranched alkanes of at least 4 members (excludes halogenated alkanes) is 1. The number of amides is 1. The number of carbonyl (C=O) groups excluding carboxylic acids is 1. The molecule has 0 saturated carbocycles. The second kappa shape index (κ2) is 9.46. The van der Waals surface area contributed by atoms with Crippen molar-refractivity contribution in [1.29, 1.82) is 0 Å². The Morgan fingerprint density at radius 1 is 0.969 bits per heavy atom. The topological polar surface area (TPSA) is 65.7 Å². The second-order valence-electron chi connectivity index (χ2n) is 8.81. The number of rotatable bonds is 7. The van der Waals surface area contributed by atoms with Gasteiger partial charge in [-0.25, -0.2) is 0 Å². The van der Waals surface area contributed by atoms with Gasteiger partial charge in [0.15, 0.2) is 0 Å². The first kappa shape index (κ1) is 21.2. The Morgan fingerprint density at radius 2 is 1.78 bits per heavy atom. The Labute approximate surface area is 193 Å². The number of fused-ring (bicyclic) bond motifs is 2. The highest BCUT2D eigenvalue weighted by atomic mass is 32.1. The molecule has 3 heterocycles. The Bertz CT molecular complexity index is 1090. The van der Waals surface area contributed by atoms with E-state index in [0.29, 0.717) is 5.56 Å². The SMILES string of the molecule is NC(=O)c1cccc2c1N(CCCCN1CCN(c3nsc4ccccc34)CC1)CCC2. The van der Waals surface area contributed by atoms with Gasteiger partial charge in [0, 0.05) is 44.7 Å². The number of hydrogen-bond donors (Lipinski definition) is 1. The highest BCUT2D eigenvalue weighted by Gasteiger charge is 2.23. The van der Waals surface area contributed by atoms with E-state index in [0.717, 1.165) is 76.6 Å². The van der Waals surface area contributed by atoms with Crippen LogP contribution in [0.1, 0.15) is 35.2 Å². The van der Waals surface area contributed by atoms with E-state index in [1.54, 1.807) is 11.5 Å². The first-order chi connectivity index (χ1) is 15.7. The quantitative estimate of drug-likeness (QED) is 0.557. The van der Waals surface area contributed by atoms with Crippen LogP contribution in [0.5, 0.6) is 0 Å². The van der Waals surface area contributed by atoms with Gasteiger partial charge in [0.05, 0.1) is 16.0 Å². The molecular formula is C25H31N5OS. The van der Waals surface area contributed by atoms with E-state index in [4.69, 9.17) is 10.1 Å². The molecule has 2 aliphatic heterocycles. The van der Waals surface area contributed by atoms with Crippen LogP contribution < -0.4 is 15.5 Å². The summed E-state index contributed by atoms with van der Waals surface area (Å²) in [5.74, 6) is 0.832. The van der Waals surface area contributed by atoms with Gasteiger partial charge in [-0.05, 0) is 67.5 Å². The molecule has 2 aliphatic rings. The number of carbonyl (C=O) groups is 1. The molecule has 0 bridgehead atoms. The summed E-state index contributed by atoms with van der Waals surface area (Å²) in [4.78, 5) is 19.3. The third-order valence-corrected chi connectivity index (χ3v) is 7.57. The molecule has 5 rings (SSSR count). The lowest BCUT2D eigenvalue weighted by molar-refractivity contribution is 0.100. The summed E-state index contributed by atoms with van der Waals surface area (Å²) >= 11 is 1.60. The van der Waals surface area contributed by atoms with Gasteiger partial charge in [-0.3, -0.25) is 9.69 Å².